The number of hydrogen-bond donors (Lipinski definition) is 3. The Morgan fingerprint density at radius 1 is 1.16 bits per heavy atom. The van der Waals surface area contributed by atoms with Gasteiger partial charge in [0.05, 0.1) is 41.4 Å². The number of amides is 1. The van der Waals surface area contributed by atoms with Crippen molar-refractivity contribution in [3.63, 3.8) is 0 Å². The van der Waals surface area contributed by atoms with Gasteiger partial charge in [-0.3, -0.25) is 9.69 Å². The number of morpholine rings is 1. The molecule has 2 aliphatic rings. The van der Waals surface area contributed by atoms with Crippen molar-refractivity contribution in [2.75, 3.05) is 62.3 Å². The summed E-state index contributed by atoms with van der Waals surface area (Å²) in [5.74, 6) is 0.738. The Bertz CT molecular complexity index is 1850. The summed E-state index contributed by atoms with van der Waals surface area (Å²) in [5.41, 5.74) is 7.89. The number of fused-ring (bicyclic) bond motifs is 1. The second-order valence-electron chi connectivity index (χ2n) is 11.7. The molecule has 14 heteroatoms. The summed E-state index contributed by atoms with van der Waals surface area (Å²) in [5, 5.41) is 6.61. The van der Waals surface area contributed by atoms with Crippen molar-refractivity contribution >= 4 is 54.4 Å². The number of rotatable bonds is 9. The zero-order valence-electron chi connectivity index (χ0n) is 26.0. The molecule has 240 valence electrons. The fourth-order valence-corrected chi connectivity index (χ4v) is 7.72. The number of sulfonamides is 1. The number of nitrogens with one attached hydrogen (secondary N) is 3. The molecule has 0 saturated carbocycles. The molecule has 2 fully saturated rings. The van der Waals surface area contributed by atoms with E-state index in [0.29, 0.717) is 50.7 Å². The molecule has 1 amide bonds. The van der Waals surface area contributed by atoms with Crippen molar-refractivity contribution < 1.29 is 17.9 Å². The number of H-pyrrole nitrogens is 1. The van der Waals surface area contributed by atoms with Crippen molar-refractivity contribution in [3.8, 4) is 17.1 Å². The Labute approximate surface area is 271 Å². The summed E-state index contributed by atoms with van der Waals surface area (Å²) < 4.78 is 34.7. The van der Waals surface area contributed by atoms with Crippen LogP contribution in [0.4, 0.5) is 11.4 Å². The molecule has 45 heavy (non-hydrogen) atoms. The number of carbonyl (C=O) groups excluding carboxylic acids is 1. The zero-order valence-corrected chi connectivity index (χ0v) is 28.4. The second-order valence-corrected chi connectivity index (χ2v) is 14.8. The van der Waals surface area contributed by atoms with E-state index >= 15 is 0 Å². The molecule has 4 aromatic rings. The highest BCUT2D eigenvalue weighted by atomic mass is 79.9. The Morgan fingerprint density at radius 2 is 1.93 bits per heavy atom. The first-order chi connectivity index (χ1) is 21.5. The number of ether oxygens (including phenoxy) is 1. The maximum Gasteiger partial charge on any atom is 0.238 e. The van der Waals surface area contributed by atoms with Gasteiger partial charge in [0.1, 0.15) is 11.3 Å². The topological polar surface area (TPSA) is 137 Å². The van der Waals surface area contributed by atoms with Crippen LogP contribution in [0.1, 0.15) is 30.3 Å². The van der Waals surface area contributed by atoms with E-state index in [1.54, 1.807) is 17.4 Å². The zero-order chi connectivity index (χ0) is 31.9. The Morgan fingerprint density at radius 3 is 2.69 bits per heavy atom. The maximum atomic E-state index is 12.8. The van der Waals surface area contributed by atoms with Crippen LogP contribution >= 0.6 is 15.9 Å². The minimum Gasteiger partial charge on any atom is -0.379 e. The van der Waals surface area contributed by atoms with E-state index in [9.17, 15) is 13.2 Å². The van der Waals surface area contributed by atoms with E-state index in [1.165, 1.54) is 0 Å². The van der Waals surface area contributed by atoms with Crippen molar-refractivity contribution in [1.29, 1.82) is 0 Å². The number of aryl methyl sites for hydroxylation is 2. The summed E-state index contributed by atoms with van der Waals surface area (Å²) in [7, 11) is -3.24. The van der Waals surface area contributed by atoms with Crippen LogP contribution in [0.25, 0.3) is 28.2 Å². The van der Waals surface area contributed by atoms with Gasteiger partial charge in [0.15, 0.2) is 5.65 Å². The van der Waals surface area contributed by atoms with Gasteiger partial charge in [-0.25, -0.2) is 18.4 Å². The van der Waals surface area contributed by atoms with Gasteiger partial charge in [-0.2, -0.15) is 4.31 Å². The first-order valence-corrected chi connectivity index (χ1v) is 17.6. The van der Waals surface area contributed by atoms with Gasteiger partial charge in [0, 0.05) is 61.1 Å². The highest BCUT2D eigenvalue weighted by Crippen LogP contribution is 2.35. The van der Waals surface area contributed by atoms with E-state index in [1.807, 2.05) is 18.2 Å². The third-order valence-electron chi connectivity index (χ3n) is 8.62. The molecular weight excluding hydrogens is 660 g/mol. The number of aromatic nitrogens is 4. The third-order valence-corrected chi connectivity index (χ3v) is 11.1. The van der Waals surface area contributed by atoms with Crippen molar-refractivity contribution in [2.24, 2.45) is 0 Å². The minimum atomic E-state index is -3.24. The molecule has 0 unspecified atom stereocenters. The summed E-state index contributed by atoms with van der Waals surface area (Å²) in [6, 6.07) is 8.04. The lowest BCUT2D eigenvalue weighted by atomic mass is 10.1. The molecule has 3 aromatic heterocycles. The van der Waals surface area contributed by atoms with Crippen LogP contribution in [0, 0.1) is 20.8 Å². The molecule has 3 N–H and O–H groups in total. The Kier molecular flexibility index (Phi) is 9.03. The molecular formula is C31H39BrN8O4S. The van der Waals surface area contributed by atoms with Gasteiger partial charge in [0.2, 0.25) is 15.9 Å². The number of benzene rings is 1. The highest BCUT2D eigenvalue weighted by Gasteiger charge is 2.31. The molecule has 0 bridgehead atoms. The molecule has 5 heterocycles. The highest BCUT2D eigenvalue weighted by molar-refractivity contribution is 9.10. The summed E-state index contributed by atoms with van der Waals surface area (Å²) in [6.45, 7) is 11.9. The van der Waals surface area contributed by atoms with Gasteiger partial charge in [-0.15, -0.1) is 0 Å². The molecule has 0 aliphatic carbocycles. The summed E-state index contributed by atoms with van der Waals surface area (Å²) >= 11 is 3.63. The largest absolute Gasteiger partial charge is 0.379 e. The van der Waals surface area contributed by atoms with Gasteiger partial charge >= 0.3 is 0 Å². The number of aromatic amines is 1. The van der Waals surface area contributed by atoms with E-state index in [4.69, 9.17) is 9.72 Å². The molecule has 1 aromatic carbocycles. The second kappa shape index (κ2) is 12.8. The number of pyridine rings is 1. The lowest BCUT2D eigenvalue weighted by Gasteiger charge is -2.25. The average molecular weight is 700 g/mol. The molecule has 2 aliphatic heterocycles. The standard InChI is InChI=1S/C31H39BrN8O4S/c1-5-45(42,43)39-9-8-23(17-39)35-28-25(32)16-33-31-29(28)36-30(37-31)24-14-20(3)40(21(24)4)26-15-22(7-6-19(26)2)34-27(41)18-38-10-12-44-13-11-38/h6-7,14-16,23H,5,8-13,17-18H2,1-4H3,(H,34,41)(H2,33,35,36,37)/t23-/m0/s1. The van der Waals surface area contributed by atoms with Gasteiger partial charge in [-0.1, -0.05) is 6.07 Å². The van der Waals surface area contributed by atoms with Gasteiger partial charge < -0.3 is 24.9 Å². The van der Waals surface area contributed by atoms with E-state index in [0.717, 1.165) is 62.7 Å². The van der Waals surface area contributed by atoms with Crippen LogP contribution in [0.2, 0.25) is 0 Å². The van der Waals surface area contributed by atoms with Crippen LogP contribution in [-0.4, -0.2) is 101 Å². The predicted octanol–water partition coefficient (Wildman–Crippen LogP) is 4.21. The van der Waals surface area contributed by atoms with Crippen LogP contribution in [0.3, 0.4) is 0 Å². The van der Waals surface area contributed by atoms with Crippen LogP contribution in [0.15, 0.2) is 34.9 Å². The van der Waals surface area contributed by atoms with Crippen molar-refractivity contribution in [1.82, 2.24) is 28.7 Å². The number of halogens is 1. The lowest BCUT2D eigenvalue weighted by molar-refractivity contribution is -0.118. The summed E-state index contributed by atoms with van der Waals surface area (Å²) in [6.07, 6.45) is 2.43. The monoisotopic (exact) mass is 698 g/mol. The number of nitrogens with zero attached hydrogens (tertiary/aromatic N) is 5. The van der Waals surface area contributed by atoms with Gasteiger partial charge in [0.25, 0.3) is 0 Å². The lowest BCUT2D eigenvalue weighted by Crippen LogP contribution is -2.41. The van der Waals surface area contributed by atoms with E-state index in [2.05, 4.69) is 72.8 Å². The normalized spacial score (nSPS) is 18.1. The molecule has 1 atom stereocenters. The number of hydrogen-bond acceptors (Lipinski definition) is 8. The average Bonchev–Trinajstić information content (AvgIpc) is 3.74. The Balaban J connectivity index is 1.26. The number of anilines is 2. The molecule has 6 rings (SSSR count). The van der Waals surface area contributed by atoms with Crippen LogP contribution < -0.4 is 10.6 Å². The molecule has 2 saturated heterocycles. The van der Waals surface area contributed by atoms with Crippen LogP contribution in [-0.2, 0) is 19.6 Å². The summed E-state index contributed by atoms with van der Waals surface area (Å²) in [4.78, 5) is 27.8. The number of carbonyl (C=O) groups is 1. The fourth-order valence-electron chi connectivity index (χ4n) is 6.15. The fraction of sp³-hybridized carbons (Fsp3) is 0.452. The van der Waals surface area contributed by atoms with Crippen molar-refractivity contribution in [2.45, 2.75) is 40.2 Å². The number of imidazole rings is 1. The predicted molar refractivity (Wildman–Crippen MR) is 180 cm³/mol. The first kappa shape index (κ1) is 31.7. The van der Waals surface area contributed by atoms with E-state index in [-0.39, 0.29) is 17.7 Å². The molecule has 0 radical (unpaired) electrons. The van der Waals surface area contributed by atoms with Gasteiger partial charge in [-0.05, 0) is 73.8 Å². The SMILES string of the molecule is CCS(=O)(=O)N1CC[C@H](Nc2c(Br)cnc3nc(-c4cc(C)n(-c5cc(NC(=O)CN6CCOCC6)ccc5C)c4C)[nH]c23)C1. The smallest absolute Gasteiger partial charge is 0.238 e. The minimum absolute atomic E-state index is 0.0327. The third kappa shape index (κ3) is 6.52. The first-order valence-electron chi connectivity index (χ1n) is 15.2. The Hall–Kier alpha value is -3.30. The molecule has 12 nitrogen and oxygen atoms in total. The molecule has 0 spiro atoms. The van der Waals surface area contributed by atoms with E-state index < -0.39 is 10.0 Å². The van der Waals surface area contributed by atoms with Crippen LogP contribution in [0.5, 0.6) is 0 Å². The maximum absolute atomic E-state index is 12.8. The van der Waals surface area contributed by atoms with Crippen molar-refractivity contribution in [3.05, 3.63) is 51.9 Å². The quantitative estimate of drug-likeness (QED) is 0.237.